The van der Waals surface area contributed by atoms with Crippen molar-refractivity contribution >= 4 is 40.4 Å². The number of anilines is 2. The average molecular weight is 426 g/mol. The molecule has 1 aliphatic rings. The molecule has 0 radical (unpaired) electrons. The van der Waals surface area contributed by atoms with E-state index in [0.29, 0.717) is 12.0 Å². The lowest BCUT2D eigenvalue weighted by molar-refractivity contribution is 0.520. The van der Waals surface area contributed by atoms with Gasteiger partial charge in [0.05, 0.1) is 4.34 Å². The van der Waals surface area contributed by atoms with E-state index in [0.717, 1.165) is 57.9 Å². The minimum Gasteiger partial charge on any atom is -0.356 e. The van der Waals surface area contributed by atoms with Gasteiger partial charge in [-0.1, -0.05) is 11.6 Å². The SMILES string of the molecule is Cc1cc(N2CCC(Nc3nc4c(-c5ccc(Cl)s5)cccn4n3)CC2)ncn1. The van der Waals surface area contributed by atoms with Crippen molar-refractivity contribution in [2.45, 2.75) is 25.8 Å². The van der Waals surface area contributed by atoms with Gasteiger partial charge in [-0.2, -0.15) is 4.98 Å². The second-order valence-corrected chi connectivity index (χ2v) is 8.87. The molecule has 0 spiro atoms. The fourth-order valence-corrected chi connectivity index (χ4v) is 4.73. The number of nitrogens with zero attached hydrogens (tertiary/aromatic N) is 6. The van der Waals surface area contributed by atoms with Gasteiger partial charge in [-0.15, -0.1) is 16.4 Å². The molecule has 4 aromatic heterocycles. The summed E-state index contributed by atoms with van der Waals surface area (Å²) in [6, 6.07) is 10.3. The van der Waals surface area contributed by atoms with E-state index >= 15 is 0 Å². The molecule has 5 heterocycles. The normalized spacial score (nSPS) is 15.2. The minimum atomic E-state index is 0.339. The molecular weight excluding hydrogens is 406 g/mol. The van der Waals surface area contributed by atoms with Crippen LogP contribution in [0.3, 0.4) is 0 Å². The van der Waals surface area contributed by atoms with Gasteiger partial charge in [-0.3, -0.25) is 0 Å². The standard InChI is InChI=1S/C20H20ClN7S/c1-13-11-18(23-12-22-13)27-9-6-14(7-10-27)24-20-25-19-15(3-2-8-28(19)26-20)16-4-5-17(21)29-16/h2-5,8,11-12,14H,6-7,9-10H2,1H3,(H,24,26). The van der Waals surface area contributed by atoms with E-state index in [2.05, 4.69) is 31.3 Å². The van der Waals surface area contributed by atoms with E-state index in [1.807, 2.05) is 41.9 Å². The highest BCUT2D eigenvalue weighted by molar-refractivity contribution is 7.19. The van der Waals surface area contributed by atoms with Crippen LogP contribution < -0.4 is 10.2 Å². The Morgan fingerprint density at radius 3 is 2.79 bits per heavy atom. The van der Waals surface area contributed by atoms with Gasteiger partial charge in [-0.25, -0.2) is 14.5 Å². The van der Waals surface area contributed by atoms with Gasteiger partial charge in [0.25, 0.3) is 0 Å². The van der Waals surface area contributed by atoms with Crippen LogP contribution in [0.4, 0.5) is 11.8 Å². The van der Waals surface area contributed by atoms with Crippen molar-refractivity contribution in [3.63, 3.8) is 0 Å². The van der Waals surface area contributed by atoms with Crippen LogP contribution in [0.5, 0.6) is 0 Å². The topological polar surface area (TPSA) is 71.2 Å². The largest absolute Gasteiger partial charge is 0.356 e. The Morgan fingerprint density at radius 1 is 1.17 bits per heavy atom. The van der Waals surface area contributed by atoms with Crippen LogP contribution in [0, 0.1) is 6.92 Å². The second-order valence-electron chi connectivity index (χ2n) is 7.15. The lowest BCUT2D eigenvalue weighted by atomic mass is 10.1. The van der Waals surface area contributed by atoms with Gasteiger partial charge < -0.3 is 10.2 Å². The molecule has 1 N–H and O–H groups in total. The third-order valence-corrected chi connectivity index (χ3v) is 6.41. The molecule has 0 aliphatic carbocycles. The van der Waals surface area contributed by atoms with E-state index in [9.17, 15) is 0 Å². The average Bonchev–Trinajstić information content (AvgIpc) is 3.34. The van der Waals surface area contributed by atoms with Crippen molar-refractivity contribution in [2.75, 3.05) is 23.3 Å². The second kappa shape index (κ2) is 7.61. The number of aromatic nitrogens is 5. The lowest BCUT2D eigenvalue weighted by Crippen LogP contribution is -2.39. The summed E-state index contributed by atoms with van der Waals surface area (Å²) in [5.41, 5.74) is 2.87. The number of hydrogen-bond donors (Lipinski definition) is 1. The Kier molecular flexibility index (Phi) is 4.81. The maximum absolute atomic E-state index is 6.11. The zero-order chi connectivity index (χ0) is 19.8. The molecule has 0 unspecified atom stereocenters. The fourth-order valence-electron chi connectivity index (χ4n) is 3.67. The summed E-state index contributed by atoms with van der Waals surface area (Å²) in [5.74, 6) is 1.66. The van der Waals surface area contributed by atoms with Crippen LogP contribution in [0.15, 0.2) is 42.9 Å². The van der Waals surface area contributed by atoms with Gasteiger partial charge in [-0.05, 0) is 44.0 Å². The fraction of sp³-hybridized carbons (Fsp3) is 0.300. The van der Waals surface area contributed by atoms with Crippen molar-refractivity contribution in [1.82, 2.24) is 24.6 Å². The van der Waals surface area contributed by atoms with Gasteiger partial charge >= 0.3 is 0 Å². The predicted octanol–water partition coefficient (Wildman–Crippen LogP) is 4.29. The predicted molar refractivity (Wildman–Crippen MR) is 117 cm³/mol. The first kappa shape index (κ1) is 18.3. The van der Waals surface area contributed by atoms with E-state index in [1.165, 1.54) is 0 Å². The maximum atomic E-state index is 6.11. The Labute approximate surface area is 177 Å². The van der Waals surface area contributed by atoms with Crippen LogP contribution in [0.1, 0.15) is 18.5 Å². The number of rotatable bonds is 4. The number of aryl methyl sites for hydroxylation is 1. The van der Waals surface area contributed by atoms with Gasteiger partial charge in [0.1, 0.15) is 12.1 Å². The van der Waals surface area contributed by atoms with E-state index < -0.39 is 0 Å². The van der Waals surface area contributed by atoms with Crippen molar-refractivity contribution in [2.24, 2.45) is 0 Å². The third-order valence-electron chi connectivity index (χ3n) is 5.14. The summed E-state index contributed by atoms with van der Waals surface area (Å²) in [5, 5.41) is 8.13. The summed E-state index contributed by atoms with van der Waals surface area (Å²) in [7, 11) is 0. The maximum Gasteiger partial charge on any atom is 0.243 e. The van der Waals surface area contributed by atoms with Crippen molar-refractivity contribution in [3.8, 4) is 10.4 Å². The molecule has 0 amide bonds. The first-order valence-corrected chi connectivity index (χ1v) is 10.8. The number of piperidine rings is 1. The molecule has 1 aliphatic heterocycles. The highest BCUT2D eigenvalue weighted by Crippen LogP contribution is 2.33. The van der Waals surface area contributed by atoms with Crippen molar-refractivity contribution in [3.05, 3.63) is 52.9 Å². The number of fused-ring (bicyclic) bond motifs is 1. The Morgan fingerprint density at radius 2 is 2.03 bits per heavy atom. The van der Waals surface area contributed by atoms with Crippen molar-refractivity contribution < 1.29 is 0 Å². The van der Waals surface area contributed by atoms with Crippen molar-refractivity contribution in [1.29, 1.82) is 0 Å². The summed E-state index contributed by atoms with van der Waals surface area (Å²) < 4.78 is 2.59. The summed E-state index contributed by atoms with van der Waals surface area (Å²) in [4.78, 5) is 16.7. The molecule has 5 rings (SSSR count). The molecule has 0 bridgehead atoms. The quantitative estimate of drug-likeness (QED) is 0.526. The molecule has 1 saturated heterocycles. The number of thiophene rings is 1. The zero-order valence-corrected chi connectivity index (χ0v) is 17.5. The van der Waals surface area contributed by atoms with Gasteiger partial charge in [0, 0.05) is 47.5 Å². The van der Waals surface area contributed by atoms with Gasteiger partial charge in [0.15, 0.2) is 5.65 Å². The number of halogens is 1. The highest BCUT2D eigenvalue weighted by Gasteiger charge is 2.22. The van der Waals surface area contributed by atoms with E-state index in [1.54, 1.807) is 17.7 Å². The van der Waals surface area contributed by atoms with Crippen LogP contribution in [0.2, 0.25) is 4.34 Å². The zero-order valence-electron chi connectivity index (χ0n) is 15.9. The summed E-state index contributed by atoms with van der Waals surface area (Å²) in [6.07, 6.45) is 5.57. The number of hydrogen-bond acceptors (Lipinski definition) is 7. The number of pyridine rings is 1. The first-order chi connectivity index (χ1) is 14.2. The molecule has 1 fully saturated rings. The third kappa shape index (κ3) is 3.77. The van der Waals surface area contributed by atoms with Crippen LogP contribution in [-0.2, 0) is 0 Å². The van der Waals surface area contributed by atoms with Crippen LogP contribution >= 0.6 is 22.9 Å². The van der Waals surface area contributed by atoms with Crippen LogP contribution in [-0.4, -0.2) is 43.7 Å². The molecule has 0 saturated carbocycles. The highest BCUT2D eigenvalue weighted by atomic mass is 35.5. The van der Waals surface area contributed by atoms with E-state index in [-0.39, 0.29) is 0 Å². The lowest BCUT2D eigenvalue weighted by Gasteiger charge is -2.32. The molecule has 9 heteroatoms. The minimum absolute atomic E-state index is 0.339. The Balaban J connectivity index is 1.30. The van der Waals surface area contributed by atoms with Crippen LogP contribution in [0.25, 0.3) is 16.1 Å². The molecule has 4 aromatic rings. The molecule has 0 aromatic carbocycles. The Bertz CT molecular complexity index is 1150. The molecule has 148 valence electrons. The Hall–Kier alpha value is -2.71. The monoisotopic (exact) mass is 425 g/mol. The van der Waals surface area contributed by atoms with Gasteiger partial charge in [0.2, 0.25) is 5.95 Å². The molecule has 7 nitrogen and oxygen atoms in total. The summed E-state index contributed by atoms with van der Waals surface area (Å²) in [6.45, 7) is 3.88. The molecule has 29 heavy (non-hydrogen) atoms. The summed E-state index contributed by atoms with van der Waals surface area (Å²) >= 11 is 7.66. The number of nitrogens with one attached hydrogen (secondary N) is 1. The molecule has 0 atom stereocenters. The first-order valence-electron chi connectivity index (χ1n) is 9.57. The molecular formula is C20H20ClN7S. The smallest absolute Gasteiger partial charge is 0.243 e. The van der Waals surface area contributed by atoms with E-state index in [4.69, 9.17) is 16.6 Å².